The minimum atomic E-state index is 0.0471. The Kier molecular flexibility index (Phi) is 8.25. The van der Waals surface area contributed by atoms with Gasteiger partial charge in [-0.15, -0.1) is 0 Å². The van der Waals surface area contributed by atoms with Gasteiger partial charge < -0.3 is 19.9 Å². The van der Waals surface area contributed by atoms with E-state index in [0.29, 0.717) is 6.61 Å². The SMILES string of the molecule is CCOc1ccc2nc(N3CCC[C@@H](C(=O)NCCCN(C)C4CCCCC4)C3)sc2c1. The third-order valence-electron chi connectivity index (χ3n) is 6.91. The standard InChI is InChI=1S/C25H38N4O2S/c1-3-31-21-12-13-22-23(17-21)32-25(27-22)29-16-7-9-19(18-29)24(30)26-14-8-15-28(2)20-10-5-4-6-11-20/h12-13,17,19-20H,3-11,14-16,18H2,1-2H3,(H,26,30)/t19-/m1/s1. The van der Waals surface area contributed by atoms with Gasteiger partial charge in [-0.1, -0.05) is 30.6 Å². The summed E-state index contributed by atoms with van der Waals surface area (Å²) in [5, 5.41) is 4.22. The zero-order valence-corrected chi connectivity index (χ0v) is 20.5. The van der Waals surface area contributed by atoms with E-state index < -0.39 is 0 Å². The fourth-order valence-electron chi connectivity index (χ4n) is 5.04. The first-order valence-electron chi connectivity index (χ1n) is 12.4. The monoisotopic (exact) mass is 458 g/mol. The summed E-state index contributed by atoms with van der Waals surface area (Å²) in [4.78, 5) is 22.4. The van der Waals surface area contributed by atoms with Crippen molar-refractivity contribution in [3.8, 4) is 5.75 Å². The first kappa shape index (κ1) is 23.3. The molecule has 0 bridgehead atoms. The zero-order chi connectivity index (χ0) is 22.3. The van der Waals surface area contributed by atoms with Gasteiger partial charge in [0.1, 0.15) is 5.75 Å². The van der Waals surface area contributed by atoms with Gasteiger partial charge in [-0.2, -0.15) is 0 Å². The summed E-state index contributed by atoms with van der Waals surface area (Å²) in [7, 11) is 2.24. The first-order valence-corrected chi connectivity index (χ1v) is 13.2. The van der Waals surface area contributed by atoms with Crippen LogP contribution in [0.25, 0.3) is 10.2 Å². The van der Waals surface area contributed by atoms with Gasteiger partial charge in [0.25, 0.3) is 0 Å². The topological polar surface area (TPSA) is 57.7 Å². The maximum atomic E-state index is 12.8. The normalized spacial score (nSPS) is 20.1. The van der Waals surface area contributed by atoms with E-state index in [-0.39, 0.29) is 11.8 Å². The van der Waals surface area contributed by atoms with Crippen molar-refractivity contribution in [2.24, 2.45) is 5.92 Å². The van der Waals surface area contributed by atoms with Crippen LogP contribution < -0.4 is 15.0 Å². The fourth-order valence-corrected chi connectivity index (χ4v) is 6.07. The molecule has 2 heterocycles. The van der Waals surface area contributed by atoms with Crippen LogP contribution in [0.1, 0.15) is 58.3 Å². The summed E-state index contributed by atoms with van der Waals surface area (Å²) >= 11 is 1.69. The van der Waals surface area contributed by atoms with E-state index in [4.69, 9.17) is 9.72 Å². The summed E-state index contributed by atoms with van der Waals surface area (Å²) < 4.78 is 6.76. The second-order valence-corrected chi connectivity index (χ2v) is 10.3. The predicted molar refractivity (Wildman–Crippen MR) is 133 cm³/mol. The van der Waals surface area contributed by atoms with Crippen molar-refractivity contribution in [3.05, 3.63) is 18.2 Å². The number of piperidine rings is 1. The van der Waals surface area contributed by atoms with Crippen molar-refractivity contribution in [1.29, 1.82) is 0 Å². The van der Waals surface area contributed by atoms with Crippen LogP contribution in [0.4, 0.5) is 5.13 Å². The van der Waals surface area contributed by atoms with Crippen LogP contribution in [0.15, 0.2) is 18.2 Å². The van der Waals surface area contributed by atoms with Crippen molar-refractivity contribution >= 4 is 32.6 Å². The number of ether oxygens (including phenoxy) is 1. The number of rotatable bonds is 9. The van der Waals surface area contributed by atoms with E-state index in [1.165, 1.54) is 32.1 Å². The van der Waals surface area contributed by atoms with Gasteiger partial charge in [0.05, 0.1) is 22.7 Å². The van der Waals surface area contributed by atoms with Gasteiger partial charge in [-0.3, -0.25) is 4.79 Å². The number of fused-ring (bicyclic) bond motifs is 1. The highest BCUT2D eigenvalue weighted by Gasteiger charge is 2.27. The summed E-state index contributed by atoms with van der Waals surface area (Å²) in [5.41, 5.74) is 1.00. The van der Waals surface area contributed by atoms with E-state index in [2.05, 4.69) is 28.2 Å². The molecule has 6 nitrogen and oxygen atoms in total. The number of amides is 1. The number of hydrogen-bond acceptors (Lipinski definition) is 6. The molecule has 2 fully saturated rings. The number of benzene rings is 1. The Labute approximate surface area is 196 Å². The molecule has 1 aliphatic carbocycles. The summed E-state index contributed by atoms with van der Waals surface area (Å²) in [6.45, 7) is 6.22. The molecule has 1 amide bonds. The average molecular weight is 459 g/mol. The van der Waals surface area contributed by atoms with E-state index in [1.807, 2.05) is 19.1 Å². The minimum absolute atomic E-state index is 0.0471. The third kappa shape index (κ3) is 5.93. The van der Waals surface area contributed by atoms with Gasteiger partial charge in [0.15, 0.2) is 5.13 Å². The van der Waals surface area contributed by atoms with Gasteiger partial charge in [0, 0.05) is 25.7 Å². The molecule has 1 atom stereocenters. The molecule has 2 aromatic rings. The predicted octanol–water partition coefficient (Wildman–Crippen LogP) is 4.68. The lowest BCUT2D eigenvalue weighted by Crippen LogP contribution is -2.43. The van der Waals surface area contributed by atoms with Crippen LogP contribution in [-0.2, 0) is 4.79 Å². The van der Waals surface area contributed by atoms with Gasteiger partial charge in [-0.05, 0) is 70.8 Å². The number of carbonyl (C=O) groups is 1. The van der Waals surface area contributed by atoms with Crippen molar-refractivity contribution in [2.45, 2.75) is 64.3 Å². The van der Waals surface area contributed by atoms with Crippen molar-refractivity contribution in [3.63, 3.8) is 0 Å². The van der Waals surface area contributed by atoms with Gasteiger partial charge in [0.2, 0.25) is 5.91 Å². The molecule has 1 saturated carbocycles. The number of thiazole rings is 1. The smallest absolute Gasteiger partial charge is 0.224 e. The molecule has 1 aromatic carbocycles. The number of aromatic nitrogens is 1. The first-order chi connectivity index (χ1) is 15.6. The molecule has 1 N–H and O–H groups in total. The Morgan fingerprint density at radius 2 is 2.09 bits per heavy atom. The third-order valence-corrected chi connectivity index (χ3v) is 7.99. The van der Waals surface area contributed by atoms with Crippen LogP contribution in [0.3, 0.4) is 0 Å². The van der Waals surface area contributed by atoms with Crippen LogP contribution in [0, 0.1) is 5.92 Å². The second-order valence-electron chi connectivity index (χ2n) is 9.26. The Hall–Kier alpha value is -1.86. The maximum absolute atomic E-state index is 12.8. The molecule has 7 heteroatoms. The molecule has 0 spiro atoms. The molecular formula is C25H38N4O2S. The highest BCUT2D eigenvalue weighted by Crippen LogP contribution is 2.33. The highest BCUT2D eigenvalue weighted by molar-refractivity contribution is 7.22. The Bertz CT molecular complexity index is 880. The highest BCUT2D eigenvalue weighted by atomic mass is 32.1. The van der Waals surface area contributed by atoms with E-state index >= 15 is 0 Å². The van der Waals surface area contributed by atoms with E-state index in [9.17, 15) is 4.79 Å². The molecule has 0 radical (unpaired) electrons. The maximum Gasteiger partial charge on any atom is 0.224 e. The quantitative estimate of drug-likeness (QED) is 0.553. The Balaban J connectivity index is 1.25. The number of hydrogen-bond donors (Lipinski definition) is 1. The number of carbonyl (C=O) groups excluding carboxylic acids is 1. The fraction of sp³-hybridized carbons (Fsp3) is 0.680. The van der Waals surface area contributed by atoms with Crippen molar-refractivity contribution < 1.29 is 9.53 Å². The van der Waals surface area contributed by atoms with E-state index in [1.54, 1.807) is 11.3 Å². The number of nitrogens with zero attached hydrogens (tertiary/aromatic N) is 3. The second kappa shape index (κ2) is 11.3. The summed E-state index contributed by atoms with van der Waals surface area (Å²) in [6, 6.07) is 6.81. The Morgan fingerprint density at radius 1 is 1.25 bits per heavy atom. The number of nitrogens with one attached hydrogen (secondary N) is 1. The summed E-state index contributed by atoms with van der Waals surface area (Å²) in [5.74, 6) is 1.14. The Morgan fingerprint density at radius 3 is 2.91 bits per heavy atom. The molecule has 32 heavy (non-hydrogen) atoms. The molecule has 2 aliphatic rings. The van der Waals surface area contributed by atoms with Crippen molar-refractivity contribution in [2.75, 3.05) is 44.7 Å². The average Bonchev–Trinajstić information content (AvgIpc) is 3.26. The van der Waals surface area contributed by atoms with Crippen LogP contribution in [-0.4, -0.2) is 61.7 Å². The van der Waals surface area contributed by atoms with Gasteiger partial charge >= 0.3 is 0 Å². The van der Waals surface area contributed by atoms with E-state index in [0.717, 1.165) is 72.6 Å². The van der Waals surface area contributed by atoms with Gasteiger partial charge in [-0.25, -0.2) is 4.98 Å². The summed E-state index contributed by atoms with van der Waals surface area (Å²) in [6.07, 6.45) is 9.81. The molecule has 1 aliphatic heterocycles. The minimum Gasteiger partial charge on any atom is -0.494 e. The lowest BCUT2D eigenvalue weighted by Gasteiger charge is -2.32. The number of anilines is 1. The lowest BCUT2D eigenvalue weighted by atomic mass is 9.94. The molecule has 0 unspecified atom stereocenters. The van der Waals surface area contributed by atoms with Crippen LogP contribution >= 0.6 is 11.3 Å². The molecule has 1 aromatic heterocycles. The lowest BCUT2D eigenvalue weighted by molar-refractivity contribution is -0.125. The zero-order valence-electron chi connectivity index (χ0n) is 19.6. The molecular weight excluding hydrogens is 420 g/mol. The molecule has 4 rings (SSSR count). The van der Waals surface area contributed by atoms with Crippen LogP contribution in [0.5, 0.6) is 5.75 Å². The molecule has 176 valence electrons. The van der Waals surface area contributed by atoms with Crippen LogP contribution in [0.2, 0.25) is 0 Å². The molecule has 1 saturated heterocycles. The largest absolute Gasteiger partial charge is 0.494 e. The van der Waals surface area contributed by atoms with Crippen molar-refractivity contribution in [1.82, 2.24) is 15.2 Å².